The van der Waals surface area contributed by atoms with Gasteiger partial charge in [-0.2, -0.15) is 0 Å². The van der Waals surface area contributed by atoms with Crippen LogP contribution in [0.4, 0.5) is 5.69 Å². The average Bonchev–Trinajstić information content (AvgIpc) is 2.77. The van der Waals surface area contributed by atoms with Gasteiger partial charge in [0.25, 0.3) is 10.0 Å². The van der Waals surface area contributed by atoms with Gasteiger partial charge in [-0.15, -0.1) is 11.3 Å². The second-order valence-corrected chi connectivity index (χ2v) is 8.51. The zero-order valence-corrected chi connectivity index (χ0v) is 14.3. The molecule has 7 heteroatoms. The first-order valence-electron chi connectivity index (χ1n) is 5.92. The standard InChI is InChI=1S/C13H15BrN2O2S2/c1-8-4-3-5-11(9(8)2)16-20(17,18)12-6-10(7-15)19-13(12)14/h3-6,16H,7,15H2,1-2H3. The van der Waals surface area contributed by atoms with E-state index in [1.165, 1.54) is 11.3 Å². The van der Waals surface area contributed by atoms with Gasteiger partial charge in [-0.25, -0.2) is 8.42 Å². The molecule has 0 spiro atoms. The Labute approximate surface area is 131 Å². The van der Waals surface area contributed by atoms with Crippen molar-refractivity contribution in [2.24, 2.45) is 5.73 Å². The van der Waals surface area contributed by atoms with Crippen molar-refractivity contribution in [3.05, 3.63) is 44.1 Å². The van der Waals surface area contributed by atoms with Gasteiger partial charge in [0.1, 0.15) is 4.90 Å². The second kappa shape index (κ2) is 5.85. The van der Waals surface area contributed by atoms with E-state index in [0.717, 1.165) is 16.0 Å². The molecule has 0 amide bonds. The summed E-state index contributed by atoms with van der Waals surface area (Å²) in [5.41, 5.74) is 8.10. The number of benzene rings is 1. The van der Waals surface area contributed by atoms with Crippen LogP contribution in [0.2, 0.25) is 0 Å². The summed E-state index contributed by atoms with van der Waals surface area (Å²) in [6, 6.07) is 7.13. The van der Waals surface area contributed by atoms with Crippen molar-refractivity contribution < 1.29 is 8.42 Å². The van der Waals surface area contributed by atoms with Crippen LogP contribution in [-0.2, 0) is 16.6 Å². The number of halogens is 1. The van der Waals surface area contributed by atoms with Crippen molar-refractivity contribution in [1.82, 2.24) is 0 Å². The minimum Gasteiger partial charge on any atom is -0.326 e. The molecule has 0 bridgehead atoms. The largest absolute Gasteiger partial charge is 0.326 e. The molecule has 0 unspecified atom stereocenters. The maximum absolute atomic E-state index is 12.4. The van der Waals surface area contributed by atoms with E-state index in [1.807, 2.05) is 26.0 Å². The molecule has 1 heterocycles. The molecule has 1 aromatic heterocycles. The lowest BCUT2D eigenvalue weighted by molar-refractivity contribution is 0.601. The highest BCUT2D eigenvalue weighted by Crippen LogP contribution is 2.33. The molecular formula is C13H15BrN2O2S2. The van der Waals surface area contributed by atoms with Crippen LogP contribution in [0.3, 0.4) is 0 Å². The lowest BCUT2D eigenvalue weighted by Gasteiger charge is -2.11. The van der Waals surface area contributed by atoms with Crippen molar-refractivity contribution in [1.29, 1.82) is 0 Å². The van der Waals surface area contributed by atoms with E-state index in [4.69, 9.17) is 5.73 Å². The molecule has 3 N–H and O–H groups in total. The van der Waals surface area contributed by atoms with Crippen molar-refractivity contribution in [2.75, 3.05) is 4.72 Å². The highest BCUT2D eigenvalue weighted by Gasteiger charge is 2.21. The van der Waals surface area contributed by atoms with E-state index in [2.05, 4.69) is 20.7 Å². The average molecular weight is 375 g/mol. The Hall–Kier alpha value is -0.890. The van der Waals surface area contributed by atoms with Gasteiger partial charge < -0.3 is 5.73 Å². The number of anilines is 1. The molecule has 0 radical (unpaired) electrons. The van der Waals surface area contributed by atoms with E-state index in [-0.39, 0.29) is 4.90 Å². The molecule has 0 aliphatic rings. The smallest absolute Gasteiger partial charge is 0.263 e. The predicted molar refractivity (Wildman–Crippen MR) is 86.6 cm³/mol. The van der Waals surface area contributed by atoms with Crippen molar-refractivity contribution in [2.45, 2.75) is 25.3 Å². The zero-order chi connectivity index (χ0) is 14.9. The third-order valence-electron chi connectivity index (χ3n) is 3.05. The summed E-state index contributed by atoms with van der Waals surface area (Å²) < 4.78 is 28.1. The fourth-order valence-electron chi connectivity index (χ4n) is 1.74. The van der Waals surface area contributed by atoms with E-state index < -0.39 is 10.0 Å². The summed E-state index contributed by atoms with van der Waals surface area (Å²) in [7, 11) is -3.61. The Kier molecular flexibility index (Phi) is 4.53. The molecule has 0 aliphatic carbocycles. The number of hydrogen-bond donors (Lipinski definition) is 2. The first-order valence-corrected chi connectivity index (χ1v) is 9.01. The van der Waals surface area contributed by atoms with Crippen LogP contribution < -0.4 is 10.5 Å². The first kappa shape index (κ1) is 15.5. The molecule has 0 saturated carbocycles. The normalized spacial score (nSPS) is 11.6. The van der Waals surface area contributed by atoms with E-state index in [0.29, 0.717) is 16.0 Å². The van der Waals surface area contributed by atoms with Crippen LogP contribution in [0, 0.1) is 13.8 Å². The minimum absolute atomic E-state index is 0.226. The van der Waals surface area contributed by atoms with Gasteiger partial charge in [0.15, 0.2) is 0 Å². The molecule has 0 fully saturated rings. The van der Waals surface area contributed by atoms with Gasteiger partial charge in [0.2, 0.25) is 0 Å². The van der Waals surface area contributed by atoms with Gasteiger partial charge in [0.05, 0.1) is 9.47 Å². The molecular weight excluding hydrogens is 360 g/mol. The lowest BCUT2D eigenvalue weighted by atomic mass is 10.1. The number of nitrogens with two attached hydrogens (primary N) is 1. The third-order valence-corrected chi connectivity index (χ3v) is 6.69. The minimum atomic E-state index is -3.61. The summed E-state index contributed by atoms with van der Waals surface area (Å²) in [6.45, 7) is 4.16. The highest BCUT2D eigenvalue weighted by molar-refractivity contribution is 9.11. The summed E-state index contributed by atoms with van der Waals surface area (Å²) in [5, 5.41) is 0. The fourth-order valence-corrected chi connectivity index (χ4v) is 5.43. The van der Waals surface area contributed by atoms with Crippen LogP contribution >= 0.6 is 27.3 Å². The number of sulfonamides is 1. The number of thiophene rings is 1. The monoisotopic (exact) mass is 374 g/mol. The maximum atomic E-state index is 12.4. The molecule has 4 nitrogen and oxygen atoms in total. The van der Waals surface area contributed by atoms with Gasteiger partial charge in [0, 0.05) is 11.4 Å². The Morgan fingerprint density at radius 2 is 2.05 bits per heavy atom. The van der Waals surface area contributed by atoms with Crippen molar-refractivity contribution >= 4 is 43.0 Å². The Bertz CT molecular complexity index is 739. The van der Waals surface area contributed by atoms with Crippen LogP contribution in [0.1, 0.15) is 16.0 Å². The molecule has 20 heavy (non-hydrogen) atoms. The molecule has 1 aromatic carbocycles. The number of hydrogen-bond acceptors (Lipinski definition) is 4. The number of aryl methyl sites for hydroxylation is 1. The Balaban J connectivity index is 2.40. The Morgan fingerprint density at radius 1 is 1.35 bits per heavy atom. The summed E-state index contributed by atoms with van der Waals surface area (Å²) >= 11 is 4.62. The van der Waals surface area contributed by atoms with Gasteiger partial charge in [-0.3, -0.25) is 4.72 Å². The SMILES string of the molecule is Cc1cccc(NS(=O)(=O)c2cc(CN)sc2Br)c1C. The topological polar surface area (TPSA) is 72.2 Å². The molecule has 0 aliphatic heterocycles. The van der Waals surface area contributed by atoms with Gasteiger partial charge in [-0.05, 0) is 53.0 Å². The molecule has 0 atom stereocenters. The lowest BCUT2D eigenvalue weighted by Crippen LogP contribution is -2.13. The summed E-state index contributed by atoms with van der Waals surface area (Å²) in [5.74, 6) is 0. The van der Waals surface area contributed by atoms with E-state index in [9.17, 15) is 8.42 Å². The van der Waals surface area contributed by atoms with Crippen molar-refractivity contribution in [3.8, 4) is 0 Å². The molecule has 2 rings (SSSR count). The quantitative estimate of drug-likeness (QED) is 0.861. The zero-order valence-electron chi connectivity index (χ0n) is 11.1. The second-order valence-electron chi connectivity index (χ2n) is 4.41. The van der Waals surface area contributed by atoms with Crippen LogP contribution in [0.15, 0.2) is 32.9 Å². The van der Waals surface area contributed by atoms with Gasteiger partial charge in [-0.1, -0.05) is 12.1 Å². The van der Waals surface area contributed by atoms with Crippen LogP contribution in [0.25, 0.3) is 0 Å². The molecule has 2 aromatic rings. The summed E-state index contributed by atoms with van der Waals surface area (Å²) in [4.78, 5) is 1.04. The fraction of sp³-hybridized carbons (Fsp3) is 0.231. The molecule has 108 valence electrons. The highest BCUT2D eigenvalue weighted by atomic mass is 79.9. The Morgan fingerprint density at radius 3 is 2.65 bits per heavy atom. The molecule has 0 saturated heterocycles. The van der Waals surface area contributed by atoms with Crippen LogP contribution in [-0.4, -0.2) is 8.42 Å². The third kappa shape index (κ3) is 3.06. The van der Waals surface area contributed by atoms with E-state index in [1.54, 1.807) is 12.1 Å². The van der Waals surface area contributed by atoms with Crippen LogP contribution in [0.5, 0.6) is 0 Å². The summed E-state index contributed by atoms with van der Waals surface area (Å²) in [6.07, 6.45) is 0. The van der Waals surface area contributed by atoms with Crippen molar-refractivity contribution in [3.63, 3.8) is 0 Å². The maximum Gasteiger partial charge on any atom is 0.263 e. The predicted octanol–water partition coefficient (Wildman–Crippen LogP) is 3.39. The number of rotatable bonds is 4. The number of nitrogens with one attached hydrogen (secondary N) is 1. The first-order chi connectivity index (χ1) is 9.35. The van der Waals surface area contributed by atoms with E-state index >= 15 is 0 Å². The van der Waals surface area contributed by atoms with Gasteiger partial charge >= 0.3 is 0 Å².